The van der Waals surface area contributed by atoms with Gasteiger partial charge in [-0.1, -0.05) is 0 Å². The molecular weight excluding hydrogens is 270 g/mol. The average Bonchev–Trinajstić information content (AvgIpc) is 2.40. The fraction of sp³-hybridized carbons (Fsp3) is 0.833. The Labute approximate surface area is 116 Å². The van der Waals surface area contributed by atoms with Crippen LogP contribution >= 0.6 is 23.5 Å². The van der Waals surface area contributed by atoms with Gasteiger partial charge in [-0.2, -0.15) is 23.5 Å². The van der Waals surface area contributed by atoms with E-state index in [0.717, 1.165) is 24.5 Å². The van der Waals surface area contributed by atoms with Crippen LogP contribution in [0.3, 0.4) is 0 Å². The molecule has 2 unspecified atom stereocenters. The molecule has 2 heterocycles. The van der Waals surface area contributed by atoms with Crippen LogP contribution in [-0.4, -0.2) is 57.5 Å². The number of hydrogen-bond donors (Lipinski definition) is 1. The first-order valence-corrected chi connectivity index (χ1v) is 8.57. The number of hydrogen-bond acceptors (Lipinski definition) is 4. The van der Waals surface area contributed by atoms with E-state index in [-0.39, 0.29) is 11.8 Å². The molecule has 102 valence electrons. The van der Waals surface area contributed by atoms with Crippen molar-refractivity contribution in [2.24, 2.45) is 5.92 Å². The lowest BCUT2D eigenvalue weighted by Crippen LogP contribution is -2.43. The zero-order valence-corrected chi connectivity index (χ0v) is 12.0. The van der Waals surface area contributed by atoms with Gasteiger partial charge in [-0.05, 0) is 12.8 Å². The standard InChI is InChI=1S/C12H19NO3S2/c14-11(6-10-8-17-4-5-18-10)13-3-1-2-9(7-13)12(15)16/h9-10H,1-8H2,(H,15,16). The van der Waals surface area contributed by atoms with Gasteiger partial charge in [-0.3, -0.25) is 9.59 Å². The number of carboxylic acid groups (broad SMARTS) is 1. The fourth-order valence-electron chi connectivity index (χ4n) is 2.38. The molecule has 0 radical (unpaired) electrons. The summed E-state index contributed by atoms with van der Waals surface area (Å²) in [6.45, 7) is 1.13. The van der Waals surface area contributed by atoms with E-state index < -0.39 is 5.97 Å². The van der Waals surface area contributed by atoms with Crippen molar-refractivity contribution in [1.29, 1.82) is 0 Å². The van der Waals surface area contributed by atoms with Gasteiger partial charge >= 0.3 is 5.97 Å². The minimum absolute atomic E-state index is 0.140. The Morgan fingerprint density at radius 3 is 2.83 bits per heavy atom. The lowest BCUT2D eigenvalue weighted by Gasteiger charge is -2.32. The largest absolute Gasteiger partial charge is 0.481 e. The van der Waals surface area contributed by atoms with Crippen LogP contribution in [0.4, 0.5) is 0 Å². The summed E-state index contributed by atoms with van der Waals surface area (Å²) in [6.07, 6.45) is 2.09. The molecule has 0 spiro atoms. The van der Waals surface area contributed by atoms with E-state index in [1.807, 2.05) is 23.5 Å². The summed E-state index contributed by atoms with van der Waals surface area (Å²) in [5.74, 6) is 2.36. The molecule has 6 heteroatoms. The summed E-state index contributed by atoms with van der Waals surface area (Å²) in [7, 11) is 0. The van der Waals surface area contributed by atoms with Crippen molar-refractivity contribution < 1.29 is 14.7 Å². The lowest BCUT2D eigenvalue weighted by molar-refractivity contribution is -0.145. The van der Waals surface area contributed by atoms with Gasteiger partial charge in [0.15, 0.2) is 0 Å². The van der Waals surface area contributed by atoms with Crippen LogP contribution in [0.25, 0.3) is 0 Å². The molecule has 2 atom stereocenters. The van der Waals surface area contributed by atoms with E-state index in [1.165, 1.54) is 5.75 Å². The van der Waals surface area contributed by atoms with Gasteiger partial charge in [-0.25, -0.2) is 0 Å². The van der Waals surface area contributed by atoms with Crippen molar-refractivity contribution in [2.75, 3.05) is 30.3 Å². The summed E-state index contributed by atoms with van der Waals surface area (Å²) in [6, 6.07) is 0. The molecule has 0 aliphatic carbocycles. The minimum Gasteiger partial charge on any atom is -0.481 e. The quantitative estimate of drug-likeness (QED) is 0.854. The van der Waals surface area contributed by atoms with Gasteiger partial charge < -0.3 is 10.0 Å². The van der Waals surface area contributed by atoms with Crippen LogP contribution in [0.5, 0.6) is 0 Å². The second-order valence-corrected chi connectivity index (χ2v) is 7.35. The molecule has 2 rings (SSSR count). The Morgan fingerprint density at radius 2 is 2.17 bits per heavy atom. The number of carboxylic acids is 1. The molecule has 1 N–H and O–H groups in total. The van der Waals surface area contributed by atoms with E-state index in [0.29, 0.717) is 24.6 Å². The monoisotopic (exact) mass is 289 g/mol. The predicted octanol–water partition coefficient (Wildman–Crippen LogP) is 1.55. The van der Waals surface area contributed by atoms with Crippen LogP contribution in [0.2, 0.25) is 0 Å². The highest BCUT2D eigenvalue weighted by Crippen LogP contribution is 2.27. The van der Waals surface area contributed by atoms with Crippen molar-refractivity contribution >= 4 is 35.4 Å². The van der Waals surface area contributed by atoms with Crippen molar-refractivity contribution in [1.82, 2.24) is 4.90 Å². The van der Waals surface area contributed by atoms with Crippen LogP contribution < -0.4 is 0 Å². The summed E-state index contributed by atoms with van der Waals surface area (Å²) < 4.78 is 0. The number of nitrogens with zero attached hydrogens (tertiary/aromatic N) is 1. The summed E-state index contributed by atoms with van der Waals surface area (Å²) in [5, 5.41) is 9.43. The first-order chi connectivity index (χ1) is 8.66. The highest BCUT2D eigenvalue weighted by molar-refractivity contribution is 8.06. The maximum absolute atomic E-state index is 12.1. The van der Waals surface area contributed by atoms with Crippen LogP contribution in [-0.2, 0) is 9.59 Å². The number of likely N-dealkylation sites (tertiary alicyclic amines) is 1. The van der Waals surface area contributed by atoms with Gasteiger partial charge in [-0.15, -0.1) is 0 Å². The maximum Gasteiger partial charge on any atom is 0.308 e. The van der Waals surface area contributed by atoms with E-state index >= 15 is 0 Å². The highest BCUT2D eigenvalue weighted by Gasteiger charge is 2.29. The van der Waals surface area contributed by atoms with Crippen LogP contribution in [0.15, 0.2) is 0 Å². The second-order valence-electron chi connectivity index (χ2n) is 4.79. The Balaban J connectivity index is 1.82. The number of amides is 1. The molecule has 0 aromatic carbocycles. The second kappa shape index (κ2) is 6.70. The predicted molar refractivity (Wildman–Crippen MR) is 75.1 cm³/mol. The van der Waals surface area contributed by atoms with Gasteiger partial charge in [0.25, 0.3) is 0 Å². The van der Waals surface area contributed by atoms with Gasteiger partial charge in [0, 0.05) is 42.0 Å². The molecule has 0 aromatic heterocycles. The number of carbonyl (C=O) groups excluding carboxylic acids is 1. The van der Waals surface area contributed by atoms with Crippen molar-refractivity contribution in [3.63, 3.8) is 0 Å². The molecule has 0 aromatic rings. The van der Waals surface area contributed by atoms with Crippen molar-refractivity contribution in [3.05, 3.63) is 0 Å². The van der Waals surface area contributed by atoms with E-state index in [1.54, 1.807) is 4.90 Å². The van der Waals surface area contributed by atoms with Crippen molar-refractivity contribution in [2.45, 2.75) is 24.5 Å². The minimum atomic E-state index is -0.768. The molecule has 2 saturated heterocycles. The first kappa shape index (κ1) is 14.1. The van der Waals surface area contributed by atoms with E-state index in [9.17, 15) is 9.59 Å². The number of rotatable bonds is 3. The van der Waals surface area contributed by atoms with Crippen molar-refractivity contribution in [3.8, 4) is 0 Å². The molecule has 2 aliphatic heterocycles. The maximum atomic E-state index is 12.1. The Morgan fingerprint density at radius 1 is 1.33 bits per heavy atom. The molecule has 4 nitrogen and oxygen atoms in total. The average molecular weight is 289 g/mol. The normalized spacial score (nSPS) is 29.0. The molecule has 0 bridgehead atoms. The molecule has 1 amide bonds. The van der Waals surface area contributed by atoms with Gasteiger partial charge in [0.05, 0.1) is 5.92 Å². The zero-order chi connectivity index (χ0) is 13.0. The summed E-state index contributed by atoms with van der Waals surface area (Å²) in [5.41, 5.74) is 0. The molecular formula is C12H19NO3S2. The third-order valence-corrected chi connectivity index (χ3v) is 6.26. The highest BCUT2D eigenvalue weighted by atomic mass is 32.2. The molecule has 18 heavy (non-hydrogen) atoms. The number of carbonyl (C=O) groups is 2. The third-order valence-electron chi connectivity index (χ3n) is 3.41. The Hall–Kier alpha value is -0.360. The van der Waals surface area contributed by atoms with Crippen LogP contribution in [0, 0.1) is 5.92 Å². The topological polar surface area (TPSA) is 57.6 Å². The fourth-order valence-corrected chi connectivity index (χ4v) is 5.05. The SMILES string of the molecule is O=C(O)C1CCCN(C(=O)CC2CSCCS2)C1. The number of piperidine rings is 1. The Kier molecular flexibility index (Phi) is 5.24. The zero-order valence-electron chi connectivity index (χ0n) is 10.3. The van der Waals surface area contributed by atoms with E-state index in [4.69, 9.17) is 5.11 Å². The van der Waals surface area contributed by atoms with E-state index in [2.05, 4.69) is 0 Å². The molecule has 2 aliphatic rings. The summed E-state index contributed by atoms with van der Waals surface area (Å²) in [4.78, 5) is 24.9. The number of aliphatic carboxylic acids is 1. The smallest absolute Gasteiger partial charge is 0.308 e. The molecule has 2 fully saturated rings. The first-order valence-electron chi connectivity index (χ1n) is 6.36. The third kappa shape index (κ3) is 3.82. The van der Waals surface area contributed by atoms with Gasteiger partial charge in [0.2, 0.25) is 5.91 Å². The summed E-state index contributed by atoms with van der Waals surface area (Å²) >= 11 is 3.79. The lowest BCUT2D eigenvalue weighted by atomic mass is 9.98. The Bertz CT molecular complexity index is 318. The number of thioether (sulfide) groups is 2. The van der Waals surface area contributed by atoms with Gasteiger partial charge in [0.1, 0.15) is 0 Å². The molecule has 0 saturated carbocycles. The van der Waals surface area contributed by atoms with Crippen LogP contribution in [0.1, 0.15) is 19.3 Å².